The maximum atomic E-state index is 6.67. The second-order valence-corrected chi connectivity index (χ2v) is 7.15. The summed E-state index contributed by atoms with van der Waals surface area (Å²) in [5.41, 5.74) is 0.550. The normalized spacial score (nSPS) is 39.9. The summed E-state index contributed by atoms with van der Waals surface area (Å²) >= 11 is 0. The van der Waals surface area contributed by atoms with E-state index in [9.17, 15) is 0 Å². The summed E-state index contributed by atoms with van der Waals surface area (Å²) in [4.78, 5) is 0. The monoisotopic (exact) mass is 237 g/mol. The van der Waals surface area contributed by atoms with E-state index in [0.717, 1.165) is 6.54 Å². The highest BCUT2D eigenvalue weighted by molar-refractivity contribution is 5.02. The van der Waals surface area contributed by atoms with Crippen molar-refractivity contribution in [3.8, 4) is 0 Å². The van der Waals surface area contributed by atoms with Crippen molar-refractivity contribution >= 4 is 0 Å². The largest absolute Gasteiger partial charge is 0.368 e. The lowest BCUT2D eigenvalue weighted by molar-refractivity contribution is -0.197. The second kappa shape index (κ2) is 4.24. The van der Waals surface area contributed by atoms with Crippen molar-refractivity contribution in [2.45, 2.75) is 83.0 Å². The number of fused-ring (bicyclic) bond motifs is 1. The van der Waals surface area contributed by atoms with Crippen LogP contribution in [-0.2, 0) is 4.74 Å². The van der Waals surface area contributed by atoms with Gasteiger partial charge in [0.05, 0.1) is 11.7 Å². The maximum Gasteiger partial charge on any atom is 0.0811 e. The van der Waals surface area contributed by atoms with Crippen molar-refractivity contribution < 1.29 is 4.74 Å². The fourth-order valence-electron chi connectivity index (χ4n) is 4.19. The van der Waals surface area contributed by atoms with E-state index in [1.165, 1.54) is 51.4 Å². The number of hydrogen-bond acceptors (Lipinski definition) is 2. The van der Waals surface area contributed by atoms with Crippen molar-refractivity contribution in [2.24, 2.45) is 5.41 Å². The molecule has 98 valence electrons. The van der Waals surface area contributed by atoms with Crippen molar-refractivity contribution in [3.05, 3.63) is 0 Å². The third-order valence-corrected chi connectivity index (χ3v) is 5.30. The van der Waals surface area contributed by atoms with Gasteiger partial charge in [0.15, 0.2) is 0 Å². The first kappa shape index (κ1) is 12.0. The average molecular weight is 237 g/mol. The molecule has 0 bridgehead atoms. The van der Waals surface area contributed by atoms with Crippen molar-refractivity contribution in [3.63, 3.8) is 0 Å². The molecule has 2 saturated carbocycles. The highest BCUT2D eigenvalue weighted by atomic mass is 16.5. The molecule has 3 rings (SSSR count). The summed E-state index contributed by atoms with van der Waals surface area (Å²) in [5, 5.41) is 3.81. The zero-order valence-electron chi connectivity index (χ0n) is 11.4. The van der Waals surface area contributed by atoms with Crippen molar-refractivity contribution in [1.82, 2.24) is 5.32 Å². The average Bonchev–Trinajstić information content (AvgIpc) is 2.31. The van der Waals surface area contributed by atoms with E-state index in [0.29, 0.717) is 17.6 Å². The van der Waals surface area contributed by atoms with Gasteiger partial charge < -0.3 is 10.1 Å². The molecule has 1 aliphatic heterocycles. The van der Waals surface area contributed by atoms with E-state index in [4.69, 9.17) is 4.74 Å². The molecule has 0 aromatic rings. The third-order valence-electron chi connectivity index (χ3n) is 5.30. The number of nitrogens with one attached hydrogen (secondary N) is 1. The van der Waals surface area contributed by atoms with Gasteiger partial charge in [-0.3, -0.25) is 0 Å². The highest BCUT2D eigenvalue weighted by Gasteiger charge is 2.48. The third kappa shape index (κ3) is 2.15. The zero-order valence-corrected chi connectivity index (χ0v) is 11.4. The Bertz CT molecular complexity index is 281. The predicted octanol–water partition coefficient (Wildman–Crippen LogP) is 3.26. The lowest BCUT2D eigenvalue weighted by Crippen LogP contribution is -2.64. The molecule has 1 heterocycles. The molecule has 2 nitrogen and oxygen atoms in total. The molecule has 2 heteroatoms. The Labute approximate surface area is 105 Å². The molecule has 1 saturated heterocycles. The summed E-state index contributed by atoms with van der Waals surface area (Å²) < 4.78 is 6.67. The van der Waals surface area contributed by atoms with Crippen LogP contribution in [0.3, 0.4) is 0 Å². The molecule has 0 aromatic carbocycles. The molecule has 2 aliphatic carbocycles. The number of hydrogen-bond donors (Lipinski definition) is 1. The lowest BCUT2D eigenvalue weighted by Gasteiger charge is -2.54. The van der Waals surface area contributed by atoms with E-state index in [1.54, 1.807) is 0 Å². The summed E-state index contributed by atoms with van der Waals surface area (Å²) in [6.45, 7) is 5.89. The molecule has 3 fully saturated rings. The molecule has 0 amide bonds. The Hall–Kier alpha value is -0.0800. The minimum Gasteiger partial charge on any atom is -0.368 e. The quantitative estimate of drug-likeness (QED) is 0.698. The van der Waals surface area contributed by atoms with Crippen LogP contribution >= 0.6 is 0 Å². The van der Waals surface area contributed by atoms with Crippen LogP contribution in [0.25, 0.3) is 0 Å². The van der Waals surface area contributed by atoms with Gasteiger partial charge in [0.2, 0.25) is 0 Å². The highest BCUT2D eigenvalue weighted by Crippen LogP contribution is 2.44. The molecule has 2 unspecified atom stereocenters. The van der Waals surface area contributed by atoms with Gasteiger partial charge >= 0.3 is 0 Å². The Morgan fingerprint density at radius 3 is 2.53 bits per heavy atom. The smallest absolute Gasteiger partial charge is 0.0811 e. The van der Waals surface area contributed by atoms with Crippen molar-refractivity contribution in [2.75, 3.05) is 6.54 Å². The van der Waals surface area contributed by atoms with Crippen LogP contribution in [0.15, 0.2) is 0 Å². The van der Waals surface area contributed by atoms with E-state index in [1.807, 2.05) is 0 Å². The molecule has 0 aromatic heterocycles. The van der Waals surface area contributed by atoms with Gasteiger partial charge in [0, 0.05) is 12.6 Å². The fraction of sp³-hybridized carbons (Fsp3) is 1.00. The van der Waals surface area contributed by atoms with Crippen LogP contribution in [-0.4, -0.2) is 24.3 Å². The number of morpholine rings is 1. The van der Waals surface area contributed by atoms with Crippen LogP contribution in [0.4, 0.5) is 0 Å². The Balaban J connectivity index is 1.77. The van der Waals surface area contributed by atoms with Crippen LogP contribution in [0.5, 0.6) is 0 Å². The molecule has 17 heavy (non-hydrogen) atoms. The molecular weight excluding hydrogens is 210 g/mol. The van der Waals surface area contributed by atoms with E-state index in [-0.39, 0.29) is 5.60 Å². The molecule has 1 spiro atoms. The number of ether oxygens (including phenoxy) is 1. The van der Waals surface area contributed by atoms with Crippen LogP contribution in [0, 0.1) is 5.41 Å². The van der Waals surface area contributed by atoms with E-state index < -0.39 is 0 Å². The SMILES string of the molecule is CC1(C)CCCC2NCC3(CCCCC3)OC21. The van der Waals surface area contributed by atoms with E-state index >= 15 is 0 Å². The molecule has 0 radical (unpaired) electrons. The Morgan fingerprint density at radius 2 is 1.76 bits per heavy atom. The van der Waals surface area contributed by atoms with Crippen molar-refractivity contribution in [1.29, 1.82) is 0 Å². The fourth-order valence-corrected chi connectivity index (χ4v) is 4.19. The second-order valence-electron chi connectivity index (χ2n) is 7.15. The van der Waals surface area contributed by atoms with Gasteiger partial charge in [-0.05, 0) is 31.1 Å². The molecule has 2 atom stereocenters. The minimum absolute atomic E-state index is 0.189. The number of rotatable bonds is 0. The predicted molar refractivity (Wildman–Crippen MR) is 70.1 cm³/mol. The Morgan fingerprint density at radius 1 is 1.00 bits per heavy atom. The summed E-state index contributed by atoms with van der Waals surface area (Å²) in [5.74, 6) is 0. The summed E-state index contributed by atoms with van der Waals surface area (Å²) in [7, 11) is 0. The van der Waals surface area contributed by atoms with E-state index in [2.05, 4.69) is 19.2 Å². The zero-order chi connectivity index (χ0) is 11.9. The van der Waals surface area contributed by atoms with Crippen LogP contribution in [0.2, 0.25) is 0 Å². The first-order valence-corrected chi connectivity index (χ1v) is 7.53. The molecular formula is C15H27NO. The summed E-state index contributed by atoms with van der Waals surface area (Å²) in [6.07, 6.45) is 11.1. The van der Waals surface area contributed by atoms with Crippen LogP contribution in [0.1, 0.15) is 65.2 Å². The van der Waals surface area contributed by atoms with Gasteiger partial charge in [-0.15, -0.1) is 0 Å². The lowest BCUT2D eigenvalue weighted by atomic mass is 9.70. The van der Waals surface area contributed by atoms with Gasteiger partial charge in [0.1, 0.15) is 0 Å². The van der Waals surface area contributed by atoms with Gasteiger partial charge in [0.25, 0.3) is 0 Å². The van der Waals surface area contributed by atoms with Crippen LogP contribution < -0.4 is 5.32 Å². The van der Waals surface area contributed by atoms with Gasteiger partial charge in [-0.1, -0.05) is 39.5 Å². The topological polar surface area (TPSA) is 21.3 Å². The first-order valence-electron chi connectivity index (χ1n) is 7.53. The minimum atomic E-state index is 0.189. The molecule has 3 aliphatic rings. The first-order chi connectivity index (χ1) is 8.11. The van der Waals surface area contributed by atoms with Gasteiger partial charge in [-0.2, -0.15) is 0 Å². The summed E-state index contributed by atoms with van der Waals surface area (Å²) in [6, 6.07) is 0.617. The van der Waals surface area contributed by atoms with Gasteiger partial charge in [-0.25, -0.2) is 0 Å². The Kier molecular flexibility index (Phi) is 2.99. The standard InChI is InChI=1S/C15H27NO/c1-14(2)8-6-7-12-13(14)17-15(11-16-12)9-4-3-5-10-15/h12-13,16H,3-11H2,1-2H3. The molecule has 1 N–H and O–H groups in total. The maximum absolute atomic E-state index is 6.67.